The number of hydrogen-bond donors (Lipinski definition) is 1. The van der Waals surface area contributed by atoms with Crippen molar-refractivity contribution in [3.05, 3.63) is 35.6 Å². The Morgan fingerprint density at radius 2 is 2.17 bits per heavy atom. The molecule has 0 bridgehead atoms. The number of morpholine rings is 1. The fourth-order valence-corrected chi connectivity index (χ4v) is 3.07. The summed E-state index contributed by atoms with van der Waals surface area (Å²) in [5, 5.41) is 3.44. The first-order valence-electron chi connectivity index (χ1n) is 8.51. The molecule has 6 heteroatoms. The molecule has 0 saturated carbocycles. The minimum atomic E-state index is -0.211. The first-order valence-corrected chi connectivity index (χ1v) is 8.51. The summed E-state index contributed by atoms with van der Waals surface area (Å²) in [5.74, 6) is 0.629. The Morgan fingerprint density at radius 1 is 1.46 bits per heavy atom. The van der Waals surface area contributed by atoms with E-state index >= 15 is 0 Å². The molecule has 5 nitrogen and oxygen atoms in total. The van der Waals surface area contributed by atoms with Crippen molar-refractivity contribution in [2.24, 2.45) is 4.99 Å². The van der Waals surface area contributed by atoms with Crippen molar-refractivity contribution >= 4 is 5.96 Å². The number of rotatable bonds is 5. The van der Waals surface area contributed by atoms with Gasteiger partial charge in [0, 0.05) is 45.8 Å². The summed E-state index contributed by atoms with van der Waals surface area (Å²) in [6.45, 7) is 8.49. The number of aliphatic imine (C=N–C) groups is 1. The first-order chi connectivity index (χ1) is 11.5. The molecule has 1 fully saturated rings. The summed E-state index contributed by atoms with van der Waals surface area (Å²) in [7, 11) is 3.77. The summed E-state index contributed by atoms with van der Waals surface area (Å²) in [6, 6.07) is 7.42. The maximum atomic E-state index is 13.0. The predicted molar refractivity (Wildman–Crippen MR) is 95.7 cm³/mol. The molecular formula is C18H29FN4O. The van der Waals surface area contributed by atoms with Crippen LogP contribution in [-0.4, -0.2) is 68.2 Å². The second kappa shape index (κ2) is 8.99. The number of guanidine groups is 1. The van der Waals surface area contributed by atoms with E-state index in [1.807, 2.05) is 11.9 Å². The third-order valence-electron chi connectivity index (χ3n) is 4.45. The van der Waals surface area contributed by atoms with Gasteiger partial charge in [-0.3, -0.25) is 9.89 Å². The number of nitrogens with zero attached hydrogens (tertiary/aromatic N) is 3. The summed E-state index contributed by atoms with van der Waals surface area (Å²) < 4.78 is 18.5. The lowest BCUT2D eigenvalue weighted by Crippen LogP contribution is -2.53. The van der Waals surface area contributed by atoms with Gasteiger partial charge in [0.1, 0.15) is 5.82 Å². The molecule has 1 aromatic rings. The van der Waals surface area contributed by atoms with Gasteiger partial charge in [-0.15, -0.1) is 0 Å². The summed E-state index contributed by atoms with van der Waals surface area (Å²) in [4.78, 5) is 8.86. The molecule has 24 heavy (non-hydrogen) atoms. The zero-order chi connectivity index (χ0) is 17.5. The highest BCUT2D eigenvalue weighted by Crippen LogP contribution is 2.10. The van der Waals surface area contributed by atoms with Crippen molar-refractivity contribution in [3.63, 3.8) is 0 Å². The maximum Gasteiger partial charge on any atom is 0.193 e. The molecule has 1 N–H and O–H groups in total. The molecule has 1 heterocycles. The Balaban J connectivity index is 1.85. The lowest BCUT2D eigenvalue weighted by molar-refractivity contribution is -0.0175. The Morgan fingerprint density at radius 3 is 2.79 bits per heavy atom. The Hall–Kier alpha value is -1.66. The van der Waals surface area contributed by atoms with E-state index in [4.69, 9.17) is 4.74 Å². The number of ether oxygens (including phenoxy) is 1. The average molecular weight is 336 g/mol. The molecule has 0 aliphatic carbocycles. The molecule has 0 spiro atoms. The first kappa shape index (κ1) is 18.7. The number of halogens is 1. The SMILES string of the molecule is CN=C(NCC(C)N1CCOCC1C)N(C)Cc1ccc(F)cc1. The highest BCUT2D eigenvalue weighted by Gasteiger charge is 2.23. The normalized spacial score (nSPS) is 20.7. The van der Waals surface area contributed by atoms with Gasteiger partial charge in [0.2, 0.25) is 0 Å². The standard InChI is InChI=1S/C18H29FN4O/c1-14(23-9-10-24-13-15(23)2)11-21-18(20-3)22(4)12-16-5-7-17(19)8-6-16/h5-8,14-15H,9-13H2,1-4H3,(H,20,21). The summed E-state index contributed by atoms with van der Waals surface area (Å²) in [5.41, 5.74) is 1.05. The third kappa shape index (κ3) is 5.18. The van der Waals surface area contributed by atoms with Gasteiger partial charge in [0.25, 0.3) is 0 Å². The van der Waals surface area contributed by atoms with E-state index < -0.39 is 0 Å². The highest BCUT2D eigenvalue weighted by molar-refractivity contribution is 5.79. The second-order valence-corrected chi connectivity index (χ2v) is 6.42. The molecule has 134 valence electrons. The molecule has 0 radical (unpaired) electrons. The second-order valence-electron chi connectivity index (χ2n) is 6.42. The molecule has 2 rings (SSSR count). The lowest BCUT2D eigenvalue weighted by atomic mass is 10.2. The van der Waals surface area contributed by atoms with Gasteiger partial charge in [-0.05, 0) is 31.5 Å². The highest BCUT2D eigenvalue weighted by atomic mass is 19.1. The quantitative estimate of drug-likeness (QED) is 0.659. The van der Waals surface area contributed by atoms with Crippen LogP contribution >= 0.6 is 0 Å². The van der Waals surface area contributed by atoms with Gasteiger partial charge in [0.05, 0.1) is 13.2 Å². The monoisotopic (exact) mass is 336 g/mol. The largest absolute Gasteiger partial charge is 0.379 e. The topological polar surface area (TPSA) is 40.1 Å². The molecule has 2 atom stereocenters. The van der Waals surface area contributed by atoms with Gasteiger partial charge in [0.15, 0.2) is 5.96 Å². The van der Waals surface area contributed by atoms with Gasteiger partial charge < -0.3 is 15.0 Å². The van der Waals surface area contributed by atoms with Crippen LogP contribution in [0.5, 0.6) is 0 Å². The fraction of sp³-hybridized carbons (Fsp3) is 0.611. The smallest absolute Gasteiger partial charge is 0.193 e. The van der Waals surface area contributed by atoms with Gasteiger partial charge in [-0.1, -0.05) is 12.1 Å². The minimum Gasteiger partial charge on any atom is -0.379 e. The fourth-order valence-electron chi connectivity index (χ4n) is 3.07. The van der Waals surface area contributed by atoms with Crippen molar-refractivity contribution < 1.29 is 9.13 Å². The molecule has 0 aromatic heterocycles. The van der Waals surface area contributed by atoms with Gasteiger partial charge in [-0.25, -0.2) is 4.39 Å². The van der Waals surface area contributed by atoms with Crippen molar-refractivity contribution in [3.8, 4) is 0 Å². The molecule has 1 saturated heterocycles. The molecule has 1 aliphatic rings. The molecular weight excluding hydrogens is 307 g/mol. The van der Waals surface area contributed by atoms with E-state index in [9.17, 15) is 4.39 Å². The van der Waals surface area contributed by atoms with Crippen molar-refractivity contribution in [2.45, 2.75) is 32.5 Å². The molecule has 2 unspecified atom stereocenters. The summed E-state index contributed by atoms with van der Waals surface area (Å²) >= 11 is 0. The lowest BCUT2D eigenvalue weighted by Gasteiger charge is -2.38. The molecule has 0 amide bonds. The van der Waals surface area contributed by atoms with E-state index in [0.717, 1.165) is 37.8 Å². The van der Waals surface area contributed by atoms with Crippen LogP contribution in [0, 0.1) is 5.82 Å². The average Bonchev–Trinajstić information content (AvgIpc) is 2.57. The van der Waals surface area contributed by atoms with Crippen molar-refractivity contribution in [1.29, 1.82) is 0 Å². The van der Waals surface area contributed by atoms with Crippen molar-refractivity contribution in [1.82, 2.24) is 15.1 Å². The van der Waals surface area contributed by atoms with E-state index in [1.54, 1.807) is 19.2 Å². The van der Waals surface area contributed by atoms with Gasteiger partial charge >= 0.3 is 0 Å². The van der Waals surface area contributed by atoms with E-state index in [1.165, 1.54) is 12.1 Å². The van der Waals surface area contributed by atoms with Crippen LogP contribution in [0.2, 0.25) is 0 Å². The predicted octanol–water partition coefficient (Wildman–Crippen LogP) is 1.94. The van der Waals surface area contributed by atoms with Gasteiger partial charge in [-0.2, -0.15) is 0 Å². The Labute approximate surface area is 144 Å². The maximum absolute atomic E-state index is 13.0. The molecule has 1 aliphatic heterocycles. The van der Waals surface area contributed by atoms with E-state index in [0.29, 0.717) is 18.6 Å². The van der Waals surface area contributed by atoms with Crippen LogP contribution < -0.4 is 5.32 Å². The van der Waals surface area contributed by atoms with Crippen LogP contribution in [0.15, 0.2) is 29.3 Å². The van der Waals surface area contributed by atoms with Crippen LogP contribution in [0.25, 0.3) is 0 Å². The van der Waals surface area contributed by atoms with Crippen LogP contribution in [0.3, 0.4) is 0 Å². The zero-order valence-corrected chi connectivity index (χ0v) is 15.1. The number of hydrogen-bond acceptors (Lipinski definition) is 3. The van der Waals surface area contributed by atoms with Crippen LogP contribution in [-0.2, 0) is 11.3 Å². The minimum absolute atomic E-state index is 0.211. The van der Waals surface area contributed by atoms with E-state index in [2.05, 4.69) is 29.1 Å². The van der Waals surface area contributed by atoms with Crippen molar-refractivity contribution in [2.75, 3.05) is 40.4 Å². The zero-order valence-electron chi connectivity index (χ0n) is 15.1. The third-order valence-corrected chi connectivity index (χ3v) is 4.45. The van der Waals surface area contributed by atoms with Crippen LogP contribution in [0.1, 0.15) is 19.4 Å². The molecule has 1 aromatic carbocycles. The van der Waals surface area contributed by atoms with Crippen LogP contribution in [0.4, 0.5) is 4.39 Å². The van der Waals surface area contributed by atoms with E-state index in [-0.39, 0.29) is 5.82 Å². The Bertz CT molecular complexity index is 534. The number of benzene rings is 1. The summed E-state index contributed by atoms with van der Waals surface area (Å²) in [6.07, 6.45) is 0. The number of nitrogens with one attached hydrogen (secondary N) is 1. The Kier molecular flexibility index (Phi) is 6.99.